The molecule has 2 unspecified atom stereocenters. The molecule has 1 saturated heterocycles. The first-order chi connectivity index (χ1) is 7.66. The molecule has 0 aromatic carbocycles. The molecule has 2 rings (SSSR count). The molecular weight excluding hydrogens is 206 g/mol. The number of carbonyl (C=O) groups excluding carboxylic acids is 1. The van der Waals surface area contributed by atoms with Crippen LogP contribution in [0.25, 0.3) is 0 Å². The SMILES string of the molecule is Cc1cc(CNC(=O)C2CNCC2C)on1. The number of rotatable bonds is 3. The highest BCUT2D eigenvalue weighted by molar-refractivity contribution is 5.79. The van der Waals surface area contributed by atoms with Crippen molar-refractivity contribution >= 4 is 5.91 Å². The summed E-state index contributed by atoms with van der Waals surface area (Å²) in [5.74, 6) is 1.26. The van der Waals surface area contributed by atoms with E-state index in [1.807, 2.05) is 13.0 Å². The largest absolute Gasteiger partial charge is 0.359 e. The highest BCUT2D eigenvalue weighted by atomic mass is 16.5. The van der Waals surface area contributed by atoms with Crippen LogP contribution in [0.1, 0.15) is 18.4 Å². The summed E-state index contributed by atoms with van der Waals surface area (Å²) in [7, 11) is 0. The topological polar surface area (TPSA) is 67.2 Å². The van der Waals surface area contributed by atoms with Crippen LogP contribution in [0.15, 0.2) is 10.6 Å². The summed E-state index contributed by atoms with van der Waals surface area (Å²) in [6.45, 7) is 6.05. The van der Waals surface area contributed by atoms with Gasteiger partial charge in [0.05, 0.1) is 18.2 Å². The lowest BCUT2D eigenvalue weighted by molar-refractivity contribution is -0.125. The first-order valence-corrected chi connectivity index (χ1v) is 5.57. The van der Waals surface area contributed by atoms with E-state index in [0.717, 1.165) is 18.8 Å². The molecule has 2 N–H and O–H groups in total. The van der Waals surface area contributed by atoms with Gasteiger partial charge in [-0.2, -0.15) is 0 Å². The van der Waals surface area contributed by atoms with Crippen LogP contribution in [0, 0.1) is 18.8 Å². The van der Waals surface area contributed by atoms with Crippen molar-refractivity contribution < 1.29 is 9.32 Å². The minimum absolute atomic E-state index is 0.0732. The Labute approximate surface area is 94.6 Å². The van der Waals surface area contributed by atoms with Crippen LogP contribution in [0.2, 0.25) is 0 Å². The molecule has 1 aromatic rings. The van der Waals surface area contributed by atoms with Crippen LogP contribution in [0.3, 0.4) is 0 Å². The van der Waals surface area contributed by atoms with Gasteiger partial charge in [-0.25, -0.2) is 0 Å². The van der Waals surface area contributed by atoms with Crippen molar-refractivity contribution in [1.82, 2.24) is 15.8 Å². The zero-order valence-corrected chi connectivity index (χ0v) is 9.62. The van der Waals surface area contributed by atoms with Crippen molar-refractivity contribution in [2.24, 2.45) is 11.8 Å². The van der Waals surface area contributed by atoms with Crippen LogP contribution in [0.4, 0.5) is 0 Å². The number of amides is 1. The van der Waals surface area contributed by atoms with E-state index in [2.05, 4.69) is 22.7 Å². The van der Waals surface area contributed by atoms with E-state index in [4.69, 9.17) is 4.52 Å². The smallest absolute Gasteiger partial charge is 0.225 e. The normalized spacial score (nSPS) is 24.6. The van der Waals surface area contributed by atoms with Crippen molar-refractivity contribution in [3.8, 4) is 0 Å². The summed E-state index contributed by atoms with van der Waals surface area (Å²) in [4.78, 5) is 11.8. The monoisotopic (exact) mass is 223 g/mol. The fraction of sp³-hybridized carbons (Fsp3) is 0.636. The maximum absolute atomic E-state index is 11.8. The van der Waals surface area contributed by atoms with Crippen molar-refractivity contribution in [3.05, 3.63) is 17.5 Å². The maximum Gasteiger partial charge on any atom is 0.225 e. The van der Waals surface area contributed by atoms with Crippen LogP contribution >= 0.6 is 0 Å². The zero-order chi connectivity index (χ0) is 11.5. The standard InChI is InChI=1S/C11H17N3O2/c1-7-4-12-6-10(7)11(15)13-5-9-3-8(2)14-16-9/h3,7,10,12H,4-6H2,1-2H3,(H,13,15). The summed E-state index contributed by atoms with van der Waals surface area (Å²) >= 11 is 0. The average molecular weight is 223 g/mol. The number of hydrogen-bond acceptors (Lipinski definition) is 4. The highest BCUT2D eigenvalue weighted by Gasteiger charge is 2.29. The average Bonchev–Trinajstić information content (AvgIpc) is 2.84. The number of aryl methyl sites for hydroxylation is 1. The van der Waals surface area contributed by atoms with Gasteiger partial charge in [-0.15, -0.1) is 0 Å². The molecule has 1 fully saturated rings. The molecule has 1 amide bonds. The molecule has 5 heteroatoms. The molecule has 1 aromatic heterocycles. The van der Waals surface area contributed by atoms with E-state index in [1.165, 1.54) is 0 Å². The lowest BCUT2D eigenvalue weighted by atomic mass is 9.97. The fourth-order valence-corrected chi connectivity index (χ4v) is 1.97. The third-order valence-corrected chi connectivity index (χ3v) is 2.97. The van der Waals surface area contributed by atoms with Gasteiger partial charge in [0.15, 0.2) is 5.76 Å². The second kappa shape index (κ2) is 4.65. The Balaban J connectivity index is 1.83. The summed E-state index contributed by atoms with van der Waals surface area (Å²) in [6.07, 6.45) is 0. The third-order valence-electron chi connectivity index (χ3n) is 2.97. The number of hydrogen-bond donors (Lipinski definition) is 2. The molecule has 0 spiro atoms. The predicted octanol–water partition coefficient (Wildman–Crippen LogP) is 0.455. The first-order valence-electron chi connectivity index (χ1n) is 5.57. The maximum atomic E-state index is 11.8. The van der Waals surface area contributed by atoms with E-state index in [0.29, 0.717) is 18.2 Å². The number of aromatic nitrogens is 1. The van der Waals surface area contributed by atoms with E-state index >= 15 is 0 Å². The van der Waals surface area contributed by atoms with Gasteiger partial charge in [0.2, 0.25) is 5.91 Å². The molecule has 0 saturated carbocycles. The van der Waals surface area contributed by atoms with Crippen molar-refractivity contribution in [1.29, 1.82) is 0 Å². The lowest BCUT2D eigenvalue weighted by Gasteiger charge is -2.12. The first kappa shape index (κ1) is 11.1. The van der Waals surface area contributed by atoms with Crippen molar-refractivity contribution in [2.75, 3.05) is 13.1 Å². The number of nitrogens with zero attached hydrogens (tertiary/aromatic N) is 1. The van der Waals surface area contributed by atoms with Crippen LogP contribution in [-0.4, -0.2) is 24.2 Å². The van der Waals surface area contributed by atoms with Gasteiger partial charge in [0.25, 0.3) is 0 Å². The van der Waals surface area contributed by atoms with E-state index in [1.54, 1.807) is 0 Å². The Kier molecular flexibility index (Phi) is 3.24. The third kappa shape index (κ3) is 2.41. The molecule has 2 heterocycles. The second-order valence-electron chi connectivity index (χ2n) is 4.39. The zero-order valence-electron chi connectivity index (χ0n) is 9.62. The van der Waals surface area contributed by atoms with Crippen LogP contribution in [0.5, 0.6) is 0 Å². The fourth-order valence-electron chi connectivity index (χ4n) is 1.97. The Morgan fingerprint density at radius 2 is 2.50 bits per heavy atom. The minimum Gasteiger partial charge on any atom is -0.359 e. The minimum atomic E-state index is 0.0732. The number of carbonyl (C=O) groups is 1. The molecule has 5 nitrogen and oxygen atoms in total. The predicted molar refractivity (Wildman–Crippen MR) is 58.6 cm³/mol. The molecular formula is C11H17N3O2. The molecule has 0 aliphatic carbocycles. The number of nitrogens with one attached hydrogen (secondary N) is 2. The van der Waals surface area contributed by atoms with Gasteiger partial charge in [-0.3, -0.25) is 4.79 Å². The molecule has 88 valence electrons. The van der Waals surface area contributed by atoms with Crippen LogP contribution < -0.4 is 10.6 Å². The van der Waals surface area contributed by atoms with Gasteiger partial charge >= 0.3 is 0 Å². The van der Waals surface area contributed by atoms with E-state index in [-0.39, 0.29) is 11.8 Å². The Morgan fingerprint density at radius 1 is 1.69 bits per heavy atom. The lowest BCUT2D eigenvalue weighted by Crippen LogP contribution is -2.33. The van der Waals surface area contributed by atoms with Gasteiger partial charge in [-0.05, 0) is 19.4 Å². The Morgan fingerprint density at radius 3 is 3.06 bits per heavy atom. The Bertz CT molecular complexity index is 375. The second-order valence-corrected chi connectivity index (χ2v) is 4.39. The summed E-state index contributed by atoms with van der Waals surface area (Å²) in [5, 5.41) is 9.85. The van der Waals surface area contributed by atoms with Gasteiger partial charge in [-0.1, -0.05) is 12.1 Å². The highest BCUT2D eigenvalue weighted by Crippen LogP contribution is 2.15. The molecule has 16 heavy (non-hydrogen) atoms. The van der Waals surface area contributed by atoms with Crippen molar-refractivity contribution in [2.45, 2.75) is 20.4 Å². The van der Waals surface area contributed by atoms with Gasteiger partial charge in [0, 0.05) is 12.6 Å². The quantitative estimate of drug-likeness (QED) is 0.781. The summed E-state index contributed by atoms with van der Waals surface area (Å²) < 4.78 is 5.02. The molecule has 0 radical (unpaired) electrons. The van der Waals surface area contributed by atoms with Gasteiger partial charge in [0.1, 0.15) is 0 Å². The van der Waals surface area contributed by atoms with Crippen LogP contribution in [-0.2, 0) is 11.3 Å². The van der Waals surface area contributed by atoms with E-state index in [9.17, 15) is 4.79 Å². The Hall–Kier alpha value is -1.36. The van der Waals surface area contributed by atoms with E-state index < -0.39 is 0 Å². The molecule has 0 bridgehead atoms. The molecule has 1 aliphatic heterocycles. The molecule has 1 aliphatic rings. The summed E-state index contributed by atoms with van der Waals surface area (Å²) in [5.41, 5.74) is 0.833. The van der Waals surface area contributed by atoms with Gasteiger partial charge < -0.3 is 15.2 Å². The van der Waals surface area contributed by atoms with Crippen molar-refractivity contribution in [3.63, 3.8) is 0 Å². The molecule has 2 atom stereocenters. The summed E-state index contributed by atoms with van der Waals surface area (Å²) in [6, 6.07) is 1.83.